The lowest BCUT2D eigenvalue weighted by molar-refractivity contribution is 0.0695. The molecule has 74 valence electrons. The molecule has 12 heavy (non-hydrogen) atoms. The monoisotopic (exact) mass is 175 g/mol. The molecule has 0 saturated carbocycles. The maximum absolute atomic E-state index is 9.43. The highest BCUT2D eigenvalue weighted by Gasteiger charge is 2.14. The number of rotatable bonds is 6. The largest absolute Gasteiger partial charge is 0.389 e. The van der Waals surface area contributed by atoms with Gasteiger partial charge in [-0.1, -0.05) is 6.92 Å². The normalized spacial score (nSPS) is 14.8. The Bertz CT molecular complexity index is 110. The SMILES string of the molecule is CCC(COC)NCC(C)(C)O. The van der Waals surface area contributed by atoms with Crippen LogP contribution in [0.3, 0.4) is 0 Å². The van der Waals surface area contributed by atoms with Gasteiger partial charge in [-0.15, -0.1) is 0 Å². The van der Waals surface area contributed by atoms with Gasteiger partial charge in [-0.05, 0) is 20.3 Å². The second kappa shape index (κ2) is 5.51. The van der Waals surface area contributed by atoms with Crippen molar-refractivity contribution in [2.24, 2.45) is 0 Å². The van der Waals surface area contributed by atoms with Crippen LogP contribution in [0.4, 0.5) is 0 Å². The van der Waals surface area contributed by atoms with Crippen molar-refractivity contribution in [3.8, 4) is 0 Å². The van der Waals surface area contributed by atoms with Crippen LogP contribution in [0.5, 0.6) is 0 Å². The van der Waals surface area contributed by atoms with Crippen molar-refractivity contribution in [2.75, 3.05) is 20.3 Å². The van der Waals surface area contributed by atoms with Crippen LogP contribution in [0, 0.1) is 0 Å². The van der Waals surface area contributed by atoms with Gasteiger partial charge in [0.25, 0.3) is 0 Å². The third-order valence-corrected chi connectivity index (χ3v) is 1.68. The molecule has 2 N–H and O–H groups in total. The van der Waals surface area contributed by atoms with Gasteiger partial charge in [0, 0.05) is 19.7 Å². The molecule has 0 radical (unpaired) electrons. The zero-order valence-corrected chi connectivity index (χ0v) is 8.55. The van der Waals surface area contributed by atoms with E-state index in [2.05, 4.69) is 12.2 Å². The van der Waals surface area contributed by atoms with Gasteiger partial charge in [0.2, 0.25) is 0 Å². The molecular formula is C9H21NO2. The molecule has 0 aliphatic heterocycles. The first kappa shape index (κ1) is 11.9. The van der Waals surface area contributed by atoms with Crippen LogP contribution in [0.25, 0.3) is 0 Å². The first-order valence-electron chi connectivity index (χ1n) is 4.44. The molecule has 0 aliphatic rings. The Kier molecular flexibility index (Phi) is 5.46. The van der Waals surface area contributed by atoms with E-state index in [1.807, 2.05) is 0 Å². The second-order valence-corrected chi connectivity index (χ2v) is 3.75. The van der Waals surface area contributed by atoms with Gasteiger partial charge in [-0.3, -0.25) is 0 Å². The van der Waals surface area contributed by atoms with E-state index in [0.717, 1.165) is 6.42 Å². The van der Waals surface area contributed by atoms with Gasteiger partial charge in [-0.25, -0.2) is 0 Å². The predicted octanol–water partition coefficient (Wildman–Crippen LogP) is 0.772. The summed E-state index contributed by atoms with van der Waals surface area (Å²) in [5.41, 5.74) is -0.638. The predicted molar refractivity (Wildman–Crippen MR) is 50.3 cm³/mol. The summed E-state index contributed by atoms with van der Waals surface area (Å²) < 4.78 is 5.02. The van der Waals surface area contributed by atoms with Crippen molar-refractivity contribution in [3.05, 3.63) is 0 Å². The molecule has 0 bridgehead atoms. The van der Waals surface area contributed by atoms with Gasteiger partial charge in [0.1, 0.15) is 0 Å². The maximum Gasteiger partial charge on any atom is 0.0715 e. The first-order valence-corrected chi connectivity index (χ1v) is 4.44. The lowest BCUT2D eigenvalue weighted by Crippen LogP contribution is -2.42. The zero-order chi connectivity index (χ0) is 9.61. The second-order valence-electron chi connectivity index (χ2n) is 3.75. The standard InChI is InChI=1S/C9H21NO2/c1-5-8(6-12-4)10-7-9(2,3)11/h8,10-11H,5-7H2,1-4H3. The van der Waals surface area contributed by atoms with Crippen molar-refractivity contribution in [3.63, 3.8) is 0 Å². The van der Waals surface area contributed by atoms with E-state index in [1.165, 1.54) is 0 Å². The summed E-state index contributed by atoms with van der Waals surface area (Å²) in [4.78, 5) is 0. The highest BCUT2D eigenvalue weighted by Crippen LogP contribution is 2.00. The van der Waals surface area contributed by atoms with Gasteiger partial charge in [0.15, 0.2) is 0 Å². The topological polar surface area (TPSA) is 41.5 Å². The van der Waals surface area contributed by atoms with E-state index in [4.69, 9.17) is 4.74 Å². The van der Waals surface area contributed by atoms with Crippen molar-refractivity contribution in [1.82, 2.24) is 5.32 Å². The number of hydrogen-bond acceptors (Lipinski definition) is 3. The number of ether oxygens (including phenoxy) is 1. The van der Waals surface area contributed by atoms with E-state index in [1.54, 1.807) is 21.0 Å². The summed E-state index contributed by atoms with van der Waals surface area (Å²) in [5, 5.41) is 12.7. The average Bonchev–Trinajstić information content (AvgIpc) is 1.96. The molecule has 0 aromatic heterocycles. The average molecular weight is 175 g/mol. The highest BCUT2D eigenvalue weighted by molar-refractivity contribution is 4.72. The summed E-state index contributed by atoms with van der Waals surface area (Å²) >= 11 is 0. The Labute approximate surface area is 75.1 Å². The Hall–Kier alpha value is -0.120. The van der Waals surface area contributed by atoms with E-state index in [9.17, 15) is 5.11 Å². The zero-order valence-electron chi connectivity index (χ0n) is 8.55. The molecule has 1 atom stereocenters. The fraction of sp³-hybridized carbons (Fsp3) is 1.00. The summed E-state index contributed by atoms with van der Waals surface area (Å²) in [6.07, 6.45) is 1.02. The molecular weight excluding hydrogens is 154 g/mol. The third-order valence-electron chi connectivity index (χ3n) is 1.68. The van der Waals surface area contributed by atoms with Crippen molar-refractivity contribution < 1.29 is 9.84 Å². The van der Waals surface area contributed by atoms with Crippen LogP contribution >= 0.6 is 0 Å². The molecule has 3 nitrogen and oxygen atoms in total. The third kappa shape index (κ3) is 6.58. The minimum absolute atomic E-state index is 0.349. The number of hydrogen-bond donors (Lipinski definition) is 2. The summed E-state index contributed by atoms with van der Waals surface area (Å²) in [7, 11) is 1.69. The van der Waals surface area contributed by atoms with Crippen molar-refractivity contribution >= 4 is 0 Å². The molecule has 3 heteroatoms. The van der Waals surface area contributed by atoms with Gasteiger partial charge >= 0.3 is 0 Å². The Balaban J connectivity index is 3.58. The highest BCUT2D eigenvalue weighted by atomic mass is 16.5. The molecule has 1 unspecified atom stereocenters. The molecule has 0 rings (SSSR count). The summed E-state index contributed by atoms with van der Waals surface area (Å²) in [6.45, 7) is 6.99. The fourth-order valence-corrected chi connectivity index (χ4v) is 0.916. The fourth-order valence-electron chi connectivity index (χ4n) is 0.916. The number of nitrogens with one attached hydrogen (secondary N) is 1. The van der Waals surface area contributed by atoms with Gasteiger partial charge < -0.3 is 15.2 Å². The summed E-state index contributed by atoms with van der Waals surface area (Å²) in [6, 6.07) is 0.349. The molecule has 0 saturated heterocycles. The first-order chi connectivity index (χ1) is 5.49. The van der Waals surface area contributed by atoms with Crippen LogP contribution in [0.2, 0.25) is 0 Å². The van der Waals surface area contributed by atoms with Crippen LogP contribution < -0.4 is 5.32 Å². The summed E-state index contributed by atoms with van der Waals surface area (Å²) in [5.74, 6) is 0. The quantitative estimate of drug-likeness (QED) is 0.626. The van der Waals surface area contributed by atoms with Crippen LogP contribution in [0.15, 0.2) is 0 Å². The number of aliphatic hydroxyl groups is 1. The molecule has 0 aromatic carbocycles. The van der Waals surface area contributed by atoms with Gasteiger partial charge in [-0.2, -0.15) is 0 Å². The lowest BCUT2D eigenvalue weighted by atomic mass is 10.1. The van der Waals surface area contributed by atoms with Gasteiger partial charge in [0.05, 0.1) is 12.2 Å². The van der Waals surface area contributed by atoms with E-state index in [-0.39, 0.29) is 0 Å². The van der Waals surface area contributed by atoms with Crippen LogP contribution in [-0.4, -0.2) is 37.0 Å². The molecule has 0 heterocycles. The van der Waals surface area contributed by atoms with Crippen molar-refractivity contribution in [2.45, 2.75) is 38.8 Å². The Morgan fingerprint density at radius 3 is 2.42 bits per heavy atom. The Morgan fingerprint density at radius 2 is 2.08 bits per heavy atom. The smallest absolute Gasteiger partial charge is 0.0715 e. The van der Waals surface area contributed by atoms with Crippen molar-refractivity contribution in [1.29, 1.82) is 0 Å². The molecule has 0 amide bonds. The van der Waals surface area contributed by atoms with E-state index >= 15 is 0 Å². The van der Waals surface area contributed by atoms with Crippen LogP contribution in [0.1, 0.15) is 27.2 Å². The van der Waals surface area contributed by atoms with E-state index < -0.39 is 5.60 Å². The number of methoxy groups -OCH3 is 1. The van der Waals surface area contributed by atoms with E-state index in [0.29, 0.717) is 19.2 Å². The molecule has 0 fully saturated rings. The molecule has 0 aliphatic carbocycles. The van der Waals surface area contributed by atoms with Crippen LogP contribution in [-0.2, 0) is 4.74 Å². The maximum atomic E-state index is 9.43. The minimum atomic E-state index is -0.638. The molecule has 0 spiro atoms. The minimum Gasteiger partial charge on any atom is -0.389 e. The Morgan fingerprint density at radius 1 is 1.50 bits per heavy atom. The molecule has 0 aromatic rings. The lowest BCUT2D eigenvalue weighted by Gasteiger charge is -2.22.